The molecule has 4 nitrogen and oxygen atoms in total. The number of hydrogen-bond donors (Lipinski definition) is 2. The van der Waals surface area contributed by atoms with Gasteiger partial charge in [0, 0.05) is 13.1 Å². The molecule has 1 atom stereocenters. The molecule has 0 saturated heterocycles. The molecule has 0 bridgehead atoms. The van der Waals surface area contributed by atoms with Gasteiger partial charge in [-0.25, -0.2) is 0 Å². The van der Waals surface area contributed by atoms with E-state index in [-0.39, 0.29) is 24.2 Å². The summed E-state index contributed by atoms with van der Waals surface area (Å²) >= 11 is 0. The Kier molecular flexibility index (Phi) is 10.1. The molecule has 0 aliphatic carbocycles. The van der Waals surface area contributed by atoms with Gasteiger partial charge in [-0.15, -0.1) is 12.4 Å². The molecule has 0 saturated carbocycles. The van der Waals surface area contributed by atoms with Gasteiger partial charge in [-0.1, -0.05) is 52.0 Å². The standard InChI is InChI=1S/C17H29N3O.ClH/c1-5-20(6-2)12-15-9-7-8-14(10-15)11-19-17(21)16(18)13(3)4;/h7-10,13,16H,5-6,11-12,18H2,1-4H3,(H,19,21);1H/t16-;/m0./s1. The Morgan fingerprint density at radius 2 is 1.82 bits per heavy atom. The lowest BCUT2D eigenvalue weighted by atomic mass is 10.0. The van der Waals surface area contributed by atoms with E-state index in [4.69, 9.17) is 5.73 Å². The molecule has 0 spiro atoms. The highest BCUT2D eigenvalue weighted by Gasteiger charge is 2.16. The molecular weight excluding hydrogens is 298 g/mol. The van der Waals surface area contributed by atoms with E-state index in [2.05, 4.69) is 36.2 Å². The minimum absolute atomic E-state index is 0. The van der Waals surface area contributed by atoms with Gasteiger partial charge in [-0.3, -0.25) is 9.69 Å². The summed E-state index contributed by atoms with van der Waals surface area (Å²) in [5, 5.41) is 2.91. The van der Waals surface area contributed by atoms with Crippen molar-refractivity contribution in [1.29, 1.82) is 0 Å². The Morgan fingerprint density at radius 1 is 1.23 bits per heavy atom. The van der Waals surface area contributed by atoms with Crippen molar-refractivity contribution in [2.24, 2.45) is 11.7 Å². The van der Waals surface area contributed by atoms with Crippen LogP contribution in [0.1, 0.15) is 38.8 Å². The summed E-state index contributed by atoms with van der Waals surface area (Å²) < 4.78 is 0. The molecule has 1 aromatic carbocycles. The van der Waals surface area contributed by atoms with Crippen LogP contribution >= 0.6 is 12.4 Å². The number of nitrogens with two attached hydrogens (primary N) is 1. The number of nitrogens with one attached hydrogen (secondary N) is 1. The number of carbonyl (C=O) groups excluding carboxylic acids is 1. The zero-order valence-corrected chi connectivity index (χ0v) is 15.0. The second kappa shape index (κ2) is 10.6. The molecule has 0 aliphatic heterocycles. The van der Waals surface area contributed by atoms with Crippen LogP contribution in [0.25, 0.3) is 0 Å². The smallest absolute Gasteiger partial charge is 0.237 e. The van der Waals surface area contributed by atoms with Gasteiger partial charge in [0.1, 0.15) is 0 Å². The molecule has 0 fully saturated rings. The van der Waals surface area contributed by atoms with Crippen molar-refractivity contribution >= 4 is 18.3 Å². The second-order valence-corrected chi connectivity index (χ2v) is 5.77. The normalized spacial score (nSPS) is 12.1. The zero-order chi connectivity index (χ0) is 15.8. The fourth-order valence-electron chi connectivity index (χ4n) is 2.15. The number of carbonyl (C=O) groups is 1. The molecule has 0 radical (unpaired) electrons. The molecule has 1 aromatic rings. The van der Waals surface area contributed by atoms with Crippen molar-refractivity contribution in [3.05, 3.63) is 35.4 Å². The maximum absolute atomic E-state index is 11.9. The van der Waals surface area contributed by atoms with Gasteiger partial charge in [0.25, 0.3) is 0 Å². The van der Waals surface area contributed by atoms with Crippen LogP contribution in [0.4, 0.5) is 0 Å². The van der Waals surface area contributed by atoms with Crippen LogP contribution in [0.5, 0.6) is 0 Å². The van der Waals surface area contributed by atoms with E-state index in [1.807, 2.05) is 26.0 Å². The first-order valence-corrected chi connectivity index (χ1v) is 7.81. The Morgan fingerprint density at radius 3 is 2.36 bits per heavy atom. The first-order valence-electron chi connectivity index (χ1n) is 7.81. The topological polar surface area (TPSA) is 58.4 Å². The Bertz CT molecular complexity index is 447. The minimum atomic E-state index is -0.441. The van der Waals surface area contributed by atoms with Gasteiger partial charge in [-0.05, 0) is 30.1 Å². The van der Waals surface area contributed by atoms with Crippen LogP contribution in [0.2, 0.25) is 0 Å². The maximum atomic E-state index is 11.9. The van der Waals surface area contributed by atoms with Crippen molar-refractivity contribution in [3.63, 3.8) is 0 Å². The molecule has 0 aliphatic rings. The summed E-state index contributed by atoms with van der Waals surface area (Å²) in [4.78, 5) is 14.2. The third kappa shape index (κ3) is 6.77. The Balaban J connectivity index is 0.00000441. The van der Waals surface area contributed by atoms with Crippen LogP contribution < -0.4 is 11.1 Å². The highest BCUT2D eigenvalue weighted by atomic mass is 35.5. The first kappa shape index (κ1) is 20.9. The molecule has 0 heterocycles. The molecule has 126 valence electrons. The van der Waals surface area contributed by atoms with Crippen LogP contribution in [-0.4, -0.2) is 29.9 Å². The number of amides is 1. The fraction of sp³-hybridized carbons (Fsp3) is 0.588. The highest BCUT2D eigenvalue weighted by Crippen LogP contribution is 2.09. The van der Waals surface area contributed by atoms with Crippen LogP contribution in [0.3, 0.4) is 0 Å². The van der Waals surface area contributed by atoms with E-state index in [0.717, 1.165) is 25.2 Å². The molecule has 3 N–H and O–H groups in total. The quantitative estimate of drug-likeness (QED) is 0.771. The van der Waals surface area contributed by atoms with E-state index in [1.165, 1.54) is 5.56 Å². The van der Waals surface area contributed by atoms with E-state index >= 15 is 0 Å². The fourth-order valence-corrected chi connectivity index (χ4v) is 2.15. The van der Waals surface area contributed by atoms with E-state index in [1.54, 1.807) is 0 Å². The number of hydrogen-bond acceptors (Lipinski definition) is 3. The van der Waals surface area contributed by atoms with Crippen LogP contribution in [-0.2, 0) is 17.9 Å². The monoisotopic (exact) mass is 327 g/mol. The molecule has 1 amide bonds. The van der Waals surface area contributed by atoms with Crippen molar-refractivity contribution in [3.8, 4) is 0 Å². The highest BCUT2D eigenvalue weighted by molar-refractivity contribution is 5.85. The molecule has 5 heteroatoms. The third-order valence-corrected chi connectivity index (χ3v) is 3.78. The van der Waals surface area contributed by atoms with Gasteiger partial charge in [0.2, 0.25) is 5.91 Å². The Hall–Kier alpha value is -1.10. The lowest BCUT2D eigenvalue weighted by Gasteiger charge is -2.19. The molecule has 1 rings (SSSR count). The average Bonchev–Trinajstić information content (AvgIpc) is 2.49. The number of nitrogens with zero attached hydrogens (tertiary/aromatic N) is 1. The van der Waals surface area contributed by atoms with Crippen molar-refractivity contribution in [2.45, 2.75) is 46.8 Å². The zero-order valence-electron chi connectivity index (χ0n) is 14.1. The van der Waals surface area contributed by atoms with Gasteiger partial charge >= 0.3 is 0 Å². The lowest BCUT2D eigenvalue weighted by Crippen LogP contribution is -2.43. The largest absolute Gasteiger partial charge is 0.351 e. The summed E-state index contributed by atoms with van der Waals surface area (Å²) in [7, 11) is 0. The maximum Gasteiger partial charge on any atom is 0.237 e. The Labute approximate surface area is 140 Å². The van der Waals surface area contributed by atoms with Crippen molar-refractivity contribution in [1.82, 2.24) is 10.2 Å². The van der Waals surface area contributed by atoms with Gasteiger partial charge in [0.15, 0.2) is 0 Å². The summed E-state index contributed by atoms with van der Waals surface area (Å²) in [5.41, 5.74) is 8.23. The summed E-state index contributed by atoms with van der Waals surface area (Å²) in [6.45, 7) is 11.8. The van der Waals surface area contributed by atoms with Crippen LogP contribution in [0, 0.1) is 5.92 Å². The van der Waals surface area contributed by atoms with E-state index in [9.17, 15) is 4.79 Å². The molecule has 22 heavy (non-hydrogen) atoms. The molecular formula is C17H30ClN3O. The average molecular weight is 328 g/mol. The van der Waals surface area contributed by atoms with Gasteiger partial charge in [-0.2, -0.15) is 0 Å². The predicted molar refractivity (Wildman–Crippen MR) is 95.0 cm³/mol. The summed E-state index contributed by atoms with van der Waals surface area (Å²) in [6.07, 6.45) is 0. The predicted octanol–water partition coefficient (Wildman–Crippen LogP) is 2.55. The first-order chi connectivity index (χ1) is 9.97. The molecule has 0 unspecified atom stereocenters. The summed E-state index contributed by atoms with van der Waals surface area (Å²) in [6, 6.07) is 7.92. The van der Waals surface area contributed by atoms with Crippen LogP contribution in [0.15, 0.2) is 24.3 Å². The lowest BCUT2D eigenvalue weighted by molar-refractivity contribution is -0.123. The SMILES string of the molecule is CCN(CC)Cc1cccc(CNC(=O)[C@@H](N)C(C)C)c1.Cl. The van der Waals surface area contributed by atoms with Crippen molar-refractivity contribution < 1.29 is 4.79 Å². The van der Waals surface area contributed by atoms with Crippen molar-refractivity contribution in [2.75, 3.05) is 13.1 Å². The van der Waals surface area contributed by atoms with E-state index in [0.29, 0.717) is 6.54 Å². The molecule has 0 aromatic heterocycles. The second-order valence-electron chi connectivity index (χ2n) is 5.77. The van der Waals surface area contributed by atoms with Gasteiger partial charge in [0.05, 0.1) is 6.04 Å². The summed E-state index contributed by atoms with van der Waals surface area (Å²) in [5.74, 6) is 0.0677. The minimum Gasteiger partial charge on any atom is -0.351 e. The number of rotatable bonds is 8. The number of benzene rings is 1. The third-order valence-electron chi connectivity index (χ3n) is 3.78. The number of halogens is 1. The van der Waals surface area contributed by atoms with E-state index < -0.39 is 6.04 Å². The van der Waals surface area contributed by atoms with Gasteiger partial charge < -0.3 is 11.1 Å².